The van der Waals surface area contributed by atoms with Crippen molar-refractivity contribution in [2.75, 3.05) is 38.2 Å². The molecule has 1 aliphatic heterocycles. The number of nitrogens with one attached hydrogen (secondary N) is 1. The first-order valence-electron chi connectivity index (χ1n) is 10.5. The van der Waals surface area contributed by atoms with Crippen LogP contribution in [0.5, 0.6) is 0 Å². The second-order valence-corrected chi connectivity index (χ2v) is 7.73. The van der Waals surface area contributed by atoms with Gasteiger partial charge in [0.1, 0.15) is 0 Å². The van der Waals surface area contributed by atoms with Crippen molar-refractivity contribution in [3.63, 3.8) is 0 Å². The summed E-state index contributed by atoms with van der Waals surface area (Å²) in [6.07, 6.45) is 6.32. The topological polar surface area (TPSA) is 67.6 Å². The molecule has 0 radical (unpaired) electrons. The number of fused-ring (bicyclic) bond motifs is 2. The summed E-state index contributed by atoms with van der Waals surface area (Å²) in [5.74, 6) is 0. The Kier molecular flexibility index (Phi) is 5.29. The van der Waals surface area contributed by atoms with E-state index < -0.39 is 0 Å². The molecule has 0 saturated carbocycles. The first-order valence-corrected chi connectivity index (χ1v) is 10.5. The van der Waals surface area contributed by atoms with E-state index in [-0.39, 0.29) is 6.04 Å². The fraction of sp³-hybridized carbons (Fsp3) is 0.348. The Bertz CT molecular complexity index is 1150. The minimum Gasteiger partial charge on any atom is -0.379 e. The zero-order valence-electron chi connectivity index (χ0n) is 17.2. The summed E-state index contributed by atoms with van der Waals surface area (Å²) < 4.78 is 7.25. The maximum absolute atomic E-state index is 5.48. The van der Waals surface area contributed by atoms with E-state index in [1.165, 1.54) is 10.8 Å². The van der Waals surface area contributed by atoms with Gasteiger partial charge in [0.25, 0.3) is 0 Å². The molecule has 1 N–H and O–H groups in total. The molecule has 30 heavy (non-hydrogen) atoms. The van der Waals surface area contributed by atoms with Gasteiger partial charge in [0.15, 0.2) is 5.65 Å². The van der Waals surface area contributed by atoms with Gasteiger partial charge >= 0.3 is 0 Å². The number of aromatic nitrogens is 4. The van der Waals surface area contributed by atoms with Gasteiger partial charge in [0, 0.05) is 49.5 Å². The normalized spacial score (nSPS) is 16.2. The quantitative estimate of drug-likeness (QED) is 0.534. The molecule has 4 heterocycles. The van der Waals surface area contributed by atoms with Crippen LogP contribution in [0.2, 0.25) is 0 Å². The zero-order chi connectivity index (χ0) is 20.3. The van der Waals surface area contributed by atoms with Gasteiger partial charge in [-0.1, -0.05) is 24.3 Å². The zero-order valence-corrected chi connectivity index (χ0v) is 17.2. The molecule has 0 bridgehead atoms. The molecule has 1 saturated heterocycles. The molecular weight excluding hydrogens is 376 g/mol. The van der Waals surface area contributed by atoms with Crippen LogP contribution in [0.3, 0.4) is 0 Å². The van der Waals surface area contributed by atoms with Gasteiger partial charge in [-0.3, -0.25) is 9.88 Å². The molecular formula is C23H26N6O. The van der Waals surface area contributed by atoms with Crippen molar-refractivity contribution in [2.45, 2.75) is 19.4 Å². The molecule has 1 aromatic carbocycles. The van der Waals surface area contributed by atoms with E-state index >= 15 is 0 Å². The molecule has 1 atom stereocenters. The lowest BCUT2D eigenvalue weighted by Crippen LogP contribution is -2.37. The minimum atomic E-state index is 0.0413. The number of imidazole rings is 1. The molecule has 0 amide bonds. The van der Waals surface area contributed by atoms with Crippen LogP contribution in [-0.4, -0.2) is 57.3 Å². The molecule has 7 nitrogen and oxygen atoms in total. The van der Waals surface area contributed by atoms with Gasteiger partial charge in [-0.15, -0.1) is 0 Å². The Balaban J connectivity index is 1.42. The Labute approximate surface area is 175 Å². The third-order valence-corrected chi connectivity index (χ3v) is 5.72. The highest BCUT2D eigenvalue weighted by Crippen LogP contribution is 2.25. The number of rotatable bonds is 6. The maximum Gasteiger partial charge on any atom is 0.176 e. The largest absolute Gasteiger partial charge is 0.379 e. The number of anilines is 1. The van der Waals surface area contributed by atoms with Crippen LogP contribution in [0.4, 0.5) is 5.69 Å². The van der Waals surface area contributed by atoms with E-state index in [9.17, 15) is 0 Å². The van der Waals surface area contributed by atoms with Crippen LogP contribution in [-0.2, 0) is 11.2 Å². The van der Waals surface area contributed by atoms with E-state index in [0.717, 1.165) is 62.0 Å². The Hall–Kier alpha value is -3.03. The molecule has 3 aromatic heterocycles. The number of hydrogen-bond acceptors (Lipinski definition) is 6. The van der Waals surface area contributed by atoms with Gasteiger partial charge in [0.2, 0.25) is 0 Å². The van der Waals surface area contributed by atoms with Crippen LogP contribution >= 0.6 is 0 Å². The molecule has 4 aromatic rings. The Morgan fingerprint density at radius 3 is 2.90 bits per heavy atom. The summed E-state index contributed by atoms with van der Waals surface area (Å²) in [6.45, 7) is 6.79. The van der Waals surface area contributed by atoms with E-state index in [0.29, 0.717) is 0 Å². The van der Waals surface area contributed by atoms with Crippen LogP contribution < -0.4 is 5.32 Å². The van der Waals surface area contributed by atoms with Crippen LogP contribution in [0, 0.1) is 0 Å². The van der Waals surface area contributed by atoms with Crippen molar-refractivity contribution >= 4 is 22.1 Å². The summed E-state index contributed by atoms with van der Waals surface area (Å²) in [5.41, 5.74) is 3.96. The summed E-state index contributed by atoms with van der Waals surface area (Å²) in [7, 11) is 0. The SMILES string of the molecule is CC(Nc1ccnn2ccnc12)c1cc2ccccc2c(CCN2CCOCC2)n1. The Morgan fingerprint density at radius 2 is 2.00 bits per heavy atom. The number of ether oxygens (including phenoxy) is 1. The number of pyridine rings is 1. The number of nitrogens with zero attached hydrogens (tertiary/aromatic N) is 5. The average Bonchev–Trinajstić information content (AvgIpc) is 3.28. The van der Waals surface area contributed by atoms with Crippen molar-refractivity contribution in [3.8, 4) is 0 Å². The predicted molar refractivity (Wildman–Crippen MR) is 118 cm³/mol. The molecule has 5 rings (SSSR count). The van der Waals surface area contributed by atoms with E-state index in [1.807, 2.05) is 12.3 Å². The highest BCUT2D eigenvalue weighted by Gasteiger charge is 2.15. The average molecular weight is 403 g/mol. The molecule has 1 aliphatic rings. The fourth-order valence-electron chi connectivity index (χ4n) is 4.05. The Morgan fingerprint density at radius 1 is 1.13 bits per heavy atom. The third-order valence-electron chi connectivity index (χ3n) is 5.72. The fourth-order valence-corrected chi connectivity index (χ4v) is 4.05. The summed E-state index contributed by atoms with van der Waals surface area (Å²) in [6, 6.07) is 12.7. The molecule has 154 valence electrons. The second kappa shape index (κ2) is 8.38. The smallest absolute Gasteiger partial charge is 0.176 e. The lowest BCUT2D eigenvalue weighted by Gasteiger charge is -2.26. The van der Waals surface area contributed by atoms with E-state index in [2.05, 4.69) is 57.6 Å². The molecule has 0 aliphatic carbocycles. The van der Waals surface area contributed by atoms with E-state index in [4.69, 9.17) is 9.72 Å². The molecule has 1 fully saturated rings. The second-order valence-electron chi connectivity index (χ2n) is 7.73. The predicted octanol–water partition coefficient (Wildman–Crippen LogP) is 3.33. The highest BCUT2D eigenvalue weighted by atomic mass is 16.5. The van der Waals surface area contributed by atoms with Crippen molar-refractivity contribution < 1.29 is 4.74 Å². The van der Waals surface area contributed by atoms with Crippen LogP contribution in [0.25, 0.3) is 16.4 Å². The number of benzene rings is 1. The highest BCUT2D eigenvalue weighted by molar-refractivity contribution is 5.85. The van der Waals surface area contributed by atoms with Gasteiger partial charge in [-0.25, -0.2) is 9.50 Å². The van der Waals surface area contributed by atoms with Gasteiger partial charge in [-0.2, -0.15) is 5.10 Å². The summed E-state index contributed by atoms with van der Waals surface area (Å²) in [5, 5.41) is 10.3. The van der Waals surface area contributed by atoms with Crippen LogP contribution in [0.15, 0.2) is 55.0 Å². The first kappa shape index (κ1) is 19.0. The lowest BCUT2D eigenvalue weighted by molar-refractivity contribution is 0.0384. The monoisotopic (exact) mass is 402 g/mol. The number of morpholine rings is 1. The van der Waals surface area contributed by atoms with Gasteiger partial charge in [-0.05, 0) is 24.4 Å². The van der Waals surface area contributed by atoms with Crippen molar-refractivity contribution in [1.29, 1.82) is 0 Å². The van der Waals surface area contributed by atoms with Crippen LogP contribution in [0.1, 0.15) is 24.4 Å². The summed E-state index contributed by atoms with van der Waals surface area (Å²) >= 11 is 0. The van der Waals surface area contributed by atoms with E-state index in [1.54, 1.807) is 16.9 Å². The van der Waals surface area contributed by atoms with Crippen molar-refractivity contribution in [1.82, 2.24) is 24.5 Å². The van der Waals surface area contributed by atoms with Gasteiger partial charge < -0.3 is 10.1 Å². The van der Waals surface area contributed by atoms with Gasteiger partial charge in [0.05, 0.1) is 36.8 Å². The molecule has 1 unspecified atom stereocenters. The molecule has 7 heteroatoms. The minimum absolute atomic E-state index is 0.0413. The summed E-state index contributed by atoms with van der Waals surface area (Å²) in [4.78, 5) is 12.0. The third kappa shape index (κ3) is 3.86. The molecule has 0 spiro atoms. The van der Waals surface area contributed by atoms with Crippen molar-refractivity contribution in [3.05, 3.63) is 66.4 Å². The lowest BCUT2D eigenvalue weighted by atomic mass is 10.0. The number of hydrogen-bond donors (Lipinski definition) is 1. The maximum atomic E-state index is 5.48. The first-order chi connectivity index (χ1) is 14.8. The standard InChI is InChI=1S/C23H26N6O/c1-17(26-21-6-8-25-29-11-9-24-23(21)29)22-16-18-4-2-3-5-19(18)20(27-22)7-10-28-12-14-30-15-13-28/h2-6,8-9,11,16-17,26H,7,10,12-15H2,1H3. The van der Waals surface area contributed by atoms with Crippen molar-refractivity contribution in [2.24, 2.45) is 0 Å².